The predicted molar refractivity (Wildman–Crippen MR) is 87.3 cm³/mol. The predicted octanol–water partition coefficient (Wildman–Crippen LogP) is 4.40. The van der Waals surface area contributed by atoms with Gasteiger partial charge in [-0.1, -0.05) is 25.1 Å². The van der Waals surface area contributed by atoms with Crippen molar-refractivity contribution in [1.82, 2.24) is 0 Å². The molecule has 21 heavy (non-hydrogen) atoms. The summed E-state index contributed by atoms with van der Waals surface area (Å²) in [5.74, 6) is 1.59. The number of aryl methyl sites for hydroxylation is 1. The van der Waals surface area contributed by atoms with Crippen molar-refractivity contribution in [1.29, 1.82) is 0 Å². The van der Waals surface area contributed by atoms with E-state index in [0.29, 0.717) is 6.61 Å². The monoisotopic (exact) mass is 285 g/mol. The van der Waals surface area contributed by atoms with E-state index >= 15 is 0 Å². The van der Waals surface area contributed by atoms with E-state index < -0.39 is 0 Å². The SMILES string of the molecule is CCCOc1cc(CNc2cccc(C)c2)ccc1OC. The second-order valence-corrected chi connectivity index (χ2v) is 5.06. The molecule has 0 heterocycles. The molecule has 0 saturated carbocycles. The third-order valence-corrected chi connectivity index (χ3v) is 3.20. The zero-order valence-electron chi connectivity index (χ0n) is 13.0. The number of nitrogens with one attached hydrogen (secondary N) is 1. The third kappa shape index (κ3) is 4.42. The molecule has 0 radical (unpaired) electrons. The molecule has 0 fully saturated rings. The van der Waals surface area contributed by atoms with Crippen molar-refractivity contribution in [3.63, 3.8) is 0 Å². The summed E-state index contributed by atoms with van der Waals surface area (Å²) in [6.45, 7) is 5.64. The standard InChI is InChI=1S/C18H23NO2/c1-4-10-21-18-12-15(8-9-17(18)20-3)13-19-16-7-5-6-14(2)11-16/h5-9,11-12,19H,4,10,13H2,1-3H3. The van der Waals surface area contributed by atoms with E-state index in [9.17, 15) is 0 Å². The Bertz CT molecular complexity index is 581. The third-order valence-electron chi connectivity index (χ3n) is 3.20. The van der Waals surface area contributed by atoms with Gasteiger partial charge in [-0.25, -0.2) is 0 Å². The van der Waals surface area contributed by atoms with Gasteiger partial charge in [0.1, 0.15) is 0 Å². The molecule has 0 aliphatic heterocycles. The molecule has 0 aliphatic rings. The van der Waals surface area contributed by atoms with Crippen LogP contribution in [0, 0.1) is 6.92 Å². The fourth-order valence-electron chi connectivity index (χ4n) is 2.12. The summed E-state index contributed by atoms with van der Waals surface area (Å²) in [5, 5.41) is 3.43. The molecule has 2 aromatic carbocycles. The fraction of sp³-hybridized carbons (Fsp3) is 0.333. The van der Waals surface area contributed by atoms with E-state index in [1.165, 1.54) is 11.1 Å². The van der Waals surface area contributed by atoms with E-state index in [0.717, 1.165) is 30.2 Å². The molecule has 0 aliphatic carbocycles. The number of benzene rings is 2. The molecule has 0 spiro atoms. The van der Waals surface area contributed by atoms with E-state index in [-0.39, 0.29) is 0 Å². The molecule has 0 saturated heterocycles. The van der Waals surface area contributed by atoms with Gasteiger partial charge >= 0.3 is 0 Å². The van der Waals surface area contributed by atoms with Crippen LogP contribution in [0.5, 0.6) is 11.5 Å². The quantitative estimate of drug-likeness (QED) is 0.817. The summed E-state index contributed by atoms with van der Waals surface area (Å²) in [6, 6.07) is 14.4. The van der Waals surface area contributed by atoms with E-state index in [4.69, 9.17) is 9.47 Å². The lowest BCUT2D eigenvalue weighted by Crippen LogP contribution is -2.02. The fourth-order valence-corrected chi connectivity index (χ4v) is 2.12. The maximum atomic E-state index is 5.74. The Morgan fingerprint density at radius 2 is 1.90 bits per heavy atom. The first kappa shape index (κ1) is 15.2. The molecule has 3 heteroatoms. The van der Waals surface area contributed by atoms with Crippen LogP contribution in [0.1, 0.15) is 24.5 Å². The maximum absolute atomic E-state index is 5.74. The second kappa shape index (κ2) is 7.58. The number of ether oxygens (including phenoxy) is 2. The van der Waals surface area contributed by atoms with Crippen LogP contribution in [-0.2, 0) is 6.54 Å². The average molecular weight is 285 g/mol. The minimum absolute atomic E-state index is 0.700. The lowest BCUT2D eigenvalue weighted by atomic mass is 10.2. The number of rotatable bonds is 7. The first-order chi connectivity index (χ1) is 10.2. The van der Waals surface area contributed by atoms with Crippen molar-refractivity contribution in [3.05, 3.63) is 53.6 Å². The first-order valence-electron chi connectivity index (χ1n) is 7.33. The Morgan fingerprint density at radius 1 is 1.05 bits per heavy atom. The van der Waals surface area contributed by atoms with Crippen molar-refractivity contribution >= 4 is 5.69 Å². The Labute approximate surface area is 126 Å². The van der Waals surface area contributed by atoms with Gasteiger partial charge in [0.15, 0.2) is 11.5 Å². The Morgan fingerprint density at radius 3 is 2.62 bits per heavy atom. The molecule has 1 N–H and O–H groups in total. The first-order valence-corrected chi connectivity index (χ1v) is 7.33. The molecule has 0 aromatic heterocycles. The molecule has 0 atom stereocenters. The number of anilines is 1. The van der Waals surface area contributed by atoms with Crippen molar-refractivity contribution in [2.24, 2.45) is 0 Å². The summed E-state index contributed by atoms with van der Waals surface area (Å²) < 4.78 is 11.1. The van der Waals surface area contributed by atoms with Crippen LogP contribution in [0.15, 0.2) is 42.5 Å². The van der Waals surface area contributed by atoms with Gasteiger partial charge in [-0.2, -0.15) is 0 Å². The zero-order valence-corrected chi connectivity index (χ0v) is 13.0. The molecule has 2 rings (SSSR count). The second-order valence-electron chi connectivity index (χ2n) is 5.06. The van der Waals surface area contributed by atoms with Crippen LogP contribution < -0.4 is 14.8 Å². The summed E-state index contributed by atoms with van der Waals surface area (Å²) in [5.41, 5.74) is 3.55. The summed E-state index contributed by atoms with van der Waals surface area (Å²) in [7, 11) is 1.67. The summed E-state index contributed by atoms with van der Waals surface area (Å²) in [6.07, 6.45) is 0.981. The van der Waals surface area contributed by atoms with Gasteiger partial charge in [-0.15, -0.1) is 0 Å². The maximum Gasteiger partial charge on any atom is 0.161 e. The molecule has 0 amide bonds. The summed E-state index contributed by atoms with van der Waals surface area (Å²) >= 11 is 0. The van der Waals surface area contributed by atoms with Crippen molar-refractivity contribution in [2.75, 3.05) is 19.0 Å². The van der Waals surface area contributed by atoms with Crippen LogP contribution in [0.2, 0.25) is 0 Å². The molecule has 0 bridgehead atoms. The minimum atomic E-state index is 0.700. The minimum Gasteiger partial charge on any atom is -0.493 e. The van der Waals surface area contributed by atoms with Gasteiger partial charge in [0.05, 0.1) is 13.7 Å². The Balaban J connectivity index is 2.06. The topological polar surface area (TPSA) is 30.5 Å². The molecule has 0 unspecified atom stereocenters. The van der Waals surface area contributed by atoms with Gasteiger partial charge in [-0.05, 0) is 48.7 Å². The number of hydrogen-bond acceptors (Lipinski definition) is 3. The zero-order chi connectivity index (χ0) is 15.1. The van der Waals surface area contributed by atoms with E-state index in [2.05, 4.69) is 49.5 Å². The highest BCUT2D eigenvalue weighted by Gasteiger charge is 2.05. The molecular formula is C18H23NO2. The van der Waals surface area contributed by atoms with Gasteiger partial charge in [-0.3, -0.25) is 0 Å². The van der Waals surface area contributed by atoms with Gasteiger partial charge in [0.25, 0.3) is 0 Å². The molecule has 112 valence electrons. The van der Waals surface area contributed by atoms with Crippen LogP contribution in [0.25, 0.3) is 0 Å². The van der Waals surface area contributed by atoms with Gasteiger partial charge in [0, 0.05) is 12.2 Å². The largest absolute Gasteiger partial charge is 0.493 e. The van der Waals surface area contributed by atoms with Crippen LogP contribution in [0.3, 0.4) is 0 Å². The Kier molecular flexibility index (Phi) is 5.50. The average Bonchev–Trinajstić information content (AvgIpc) is 2.51. The number of methoxy groups -OCH3 is 1. The summed E-state index contributed by atoms with van der Waals surface area (Å²) in [4.78, 5) is 0. The van der Waals surface area contributed by atoms with Gasteiger partial charge in [0.2, 0.25) is 0 Å². The Hall–Kier alpha value is -2.16. The number of hydrogen-bond donors (Lipinski definition) is 1. The van der Waals surface area contributed by atoms with Crippen molar-refractivity contribution in [2.45, 2.75) is 26.8 Å². The highest BCUT2D eigenvalue weighted by Crippen LogP contribution is 2.28. The van der Waals surface area contributed by atoms with Crippen LogP contribution in [-0.4, -0.2) is 13.7 Å². The molecule has 2 aromatic rings. The van der Waals surface area contributed by atoms with Crippen molar-refractivity contribution in [3.8, 4) is 11.5 Å². The lowest BCUT2D eigenvalue weighted by molar-refractivity contribution is 0.294. The van der Waals surface area contributed by atoms with Crippen LogP contribution >= 0.6 is 0 Å². The van der Waals surface area contributed by atoms with E-state index in [1.54, 1.807) is 7.11 Å². The normalized spacial score (nSPS) is 10.2. The lowest BCUT2D eigenvalue weighted by Gasteiger charge is -2.13. The molecule has 3 nitrogen and oxygen atoms in total. The van der Waals surface area contributed by atoms with Crippen molar-refractivity contribution < 1.29 is 9.47 Å². The smallest absolute Gasteiger partial charge is 0.161 e. The van der Waals surface area contributed by atoms with Gasteiger partial charge < -0.3 is 14.8 Å². The van der Waals surface area contributed by atoms with E-state index in [1.807, 2.05) is 12.1 Å². The highest BCUT2D eigenvalue weighted by molar-refractivity contribution is 5.48. The van der Waals surface area contributed by atoms with Crippen LogP contribution in [0.4, 0.5) is 5.69 Å². The molecular weight excluding hydrogens is 262 g/mol. The highest BCUT2D eigenvalue weighted by atomic mass is 16.5.